The topological polar surface area (TPSA) is 53.6 Å². The van der Waals surface area contributed by atoms with Gasteiger partial charge in [0, 0.05) is 31.9 Å². The van der Waals surface area contributed by atoms with Crippen molar-refractivity contribution in [3.63, 3.8) is 0 Å². The standard InChI is InChI=1S/C18H30N4.HI/c1-22(17-12-6-3-7-13-17)15-9-8-14-20-18(19)21-16-10-4-2-5-11-16;/h3,6-7,12-13,16H,2,4-5,8-11,14-15H2,1H3,(H3,19,20,21);1H. The zero-order valence-corrected chi connectivity index (χ0v) is 16.5. The molecule has 0 radical (unpaired) electrons. The zero-order chi connectivity index (χ0) is 15.6. The summed E-state index contributed by atoms with van der Waals surface area (Å²) in [6.45, 7) is 1.86. The molecule has 4 nitrogen and oxygen atoms in total. The second kappa shape index (κ2) is 11.5. The van der Waals surface area contributed by atoms with Crippen LogP contribution in [-0.4, -0.2) is 32.1 Å². The average Bonchev–Trinajstić information content (AvgIpc) is 2.56. The zero-order valence-electron chi connectivity index (χ0n) is 14.2. The molecule has 0 aromatic heterocycles. The smallest absolute Gasteiger partial charge is 0.188 e. The Hall–Kier alpha value is -0.980. The SMILES string of the molecule is CN(CCCCN=C(N)NC1CCCCC1)c1ccccc1.I. The van der Waals surface area contributed by atoms with Gasteiger partial charge in [0.1, 0.15) is 0 Å². The molecule has 1 aromatic carbocycles. The maximum absolute atomic E-state index is 5.97. The van der Waals surface area contributed by atoms with E-state index in [2.05, 4.69) is 46.5 Å². The largest absolute Gasteiger partial charge is 0.375 e. The van der Waals surface area contributed by atoms with E-state index in [9.17, 15) is 0 Å². The van der Waals surface area contributed by atoms with Gasteiger partial charge in [-0.15, -0.1) is 24.0 Å². The number of rotatable bonds is 7. The molecular weight excluding hydrogens is 399 g/mol. The molecule has 0 atom stereocenters. The highest BCUT2D eigenvalue weighted by Gasteiger charge is 2.13. The monoisotopic (exact) mass is 430 g/mol. The van der Waals surface area contributed by atoms with Crippen LogP contribution in [-0.2, 0) is 0 Å². The molecule has 0 aliphatic heterocycles. The van der Waals surface area contributed by atoms with Crippen LogP contribution in [0.3, 0.4) is 0 Å². The average molecular weight is 430 g/mol. The Morgan fingerprint density at radius 2 is 1.87 bits per heavy atom. The number of unbranched alkanes of at least 4 members (excludes halogenated alkanes) is 1. The number of halogens is 1. The molecule has 0 amide bonds. The van der Waals surface area contributed by atoms with Crippen molar-refractivity contribution in [3.8, 4) is 0 Å². The van der Waals surface area contributed by atoms with Gasteiger partial charge in [-0.2, -0.15) is 0 Å². The third kappa shape index (κ3) is 7.90. The van der Waals surface area contributed by atoms with Crippen LogP contribution >= 0.6 is 24.0 Å². The third-order valence-corrected chi connectivity index (χ3v) is 4.34. The summed E-state index contributed by atoms with van der Waals surface area (Å²) >= 11 is 0. The van der Waals surface area contributed by atoms with E-state index in [0.29, 0.717) is 12.0 Å². The minimum absolute atomic E-state index is 0. The molecule has 1 saturated carbocycles. The first-order valence-corrected chi connectivity index (χ1v) is 8.58. The molecular formula is C18H31IN4. The lowest BCUT2D eigenvalue weighted by Crippen LogP contribution is -2.41. The first-order chi connectivity index (χ1) is 10.8. The van der Waals surface area contributed by atoms with Gasteiger partial charge in [0.05, 0.1) is 0 Å². The van der Waals surface area contributed by atoms with Crippen molar-refractivity contribution in [2.45, 2.75) is 51.0 Å². The Morgan fingerprint density at radius 1 is 1.17 bits per heavy atom. The lowest BCUT2D eigenvalue weighted by atomic mass is 9.96. The number of hydrogen-bond donors (Lipinski definition) is 2. The van der Waals surface area contributed by atoms with Crippen LogP contribution in [0.1, 0.15) is 44.9 Å². The summed E-state index contributed by atoms with van der Waals surface area (Å²) in [6.07, 6.45) is 8.67. The fraction of sp³-hybridized carbons (Fsp3) is 0.611. The molecule has 0 bridgehead atoms. The van der Waals surface area contributed by atoms with Crippen LogP contribution in [0.25, 0.3) is 0 Å². The highest BCUT2D eigenvalue weighted by Crippen LogP contribution is 2.17. The predicted octanol–water partition coefficient (Wildman–Crippen LogP) is 3.76. The molecule has 1 aliphatic rings. The number of para-hydroxylation sites is 1. The molecule has 5 heteroatoms. The molecule has 130 valence electrons. The summed E-state index contributed by atoms with van der Waals surface area (Å²) in [7, 11) is 2.14. The van der Waals surface area contributed by atoms with Gasteiger partial charge in [0.2, 0.25) is 0 Å². The van der Waals surface area contributed by atoms with Crippen LogP contribution in [0.15, 0.2) is 35.3 Å². The van der Waals surface area contributed by atoms with Crippen molar-refractivity contribution in [2.75, 3.05) is 25.0 Å². The number of guanidine groups is 1. The Kier molecular flexibility index (Phi) is 10.1. The molecule has 0 unspecified atom stereocenters. The molecule has 0 saturated heterocycles. The lowest BCUT2D eigenvalue weighted by molar-refractivity contribution is 0.412. The van der Waals surface area contributed by atoms with E-state index in [1.165, 1.54) is 37.8 Å². The minimum atomic E-state index is 0. The molecule has 0 heterocycles. The number of aliphatic imine (C=N–C) groups is 1. The van der Waals surface area contributed by atoms with Crippen molar-refractivity contribution in [3.05, 3.63) is 30.3 Å². The van der Waals surface area contributed by atoms with E-state index in [1.807, 2.05) is 6.07 Å². The molecule has 0 spiro atoms. The first-order valence-electron chi connectivity index (χ1n) is 8.58. The maximum Gasteiger partial charge on any atom is 0.188 e. The molecule has 1 aromatic rings. The van der Waals surface area contributed by atoms with E-state index in [-0.39, 0.29) is 24.0 Å². The Bertz CT molecular complexity index is 444. The summed E-state index contributed by atoms with van der Waals surface area (Å²) in [5.41, 5.74) is 7.23. The molecule has 1 fully saturated rings. The van der Waals surface area contributed by atoms with E-state index in [0.717, 1.165) is 25.9 Å². The minimum Gasteiger partial charge on any atom is -0.375 e. The first kappa shape index (κ1) is 20.1. The fourth-order valence-corrected chi connectivity index (χ4v) is 2.97. The Morgan fingerprint density at radius 3 is 2.57 bits per heavy atom. The van der Waals surface area contributed by atoms with Crippen molar-refractivity contribution in [1.29, 1.82) is 0 Å². The van der Waals surface area contributed by atoms with Crippen molar-refractivity contribution in [1.82, 2.24) is 5.32 Å². The molecule has 1 aliphatic carbocycles. The summed E-state index contributed by atoms with van der Waals surface area (Å²) in [4.78, 5) is 6.74. The predicted molar refractivity (Wildman–Crippen MR) is 111 cm³/mol. The van der Waals surface area contributed by atoms with Crippen LogP contribution < -0.4 is 16.0 Å². The van der Waals surface area contributed by atoms with Crippen LogP contribution in [0.4, 0.5) is 5.69 Å². The fourth-order valence-electron chi connectivity index (χ4n) is 2.97. The second-order valence-corrected chi connectivity index (χ2v) is 6.21. The summed E-state index contributed by atoms with van der Waals surface area (Å²) in [5, 5.41) is 3.36. The summed E-state index contributed by atoms with van der Waals surface area (Å²) in [6, 6.07) is 11.0. The number of benzene rings is 1. The number of nitrogens with one attached hydrogen (secondary N) is 1. The Balaban J connectivity index is 0.00000264. The molecule has 2 rings (SSSR count). The maximum atomic E-state index is 5.97. The van der Waals surface area contributed by atoms with Crippen molar-refractivity contribution >= 4 is 35.6 Å². The van der Waals surface area contributed by atoms with Crippen LogP contribution in [0.2, 0.25) is 0 Å². The number of hydrogen-bond acceptors (Lipinski definition) is 2. The van der Waals surface area contributed by atoms with Crippen LogP contribution in [0, 0.1) is 0 Å². The molecule has 23 heavy (non-hydrogen) atoms. The van der Waals surface area contributed by atoms with Gasteiger partial charge in [0.25, 0.3) is 0 Å². The highest BCUT2D eigenvalue weighted by atomic mass is 127. The van der Waals surface area contributed by atoms with Gasteiger partial charge in [-0.1, -0.05) is 37.5 Å². The number of anilines is 1. The van der Waals surface area contributed by atoms with E-state index >= 15 is 0 Å². The van der Waals surface area contributed by atoms with Crippen LogP contribution in [0.5, 0.6) is 0 Å². The lowest BCUT2D eigenvalue weighted by Gasteiger charge is -2.23. The summed E-state index contributed by atoms with van der Waals surface area (Å²) in [5.74, 6) is 0.628. The number of nitrogens with two attached hydrogens (primary N) is 1. The van der Waals surface area contributed by atoms with Gasteiger partial charge in [-0.3, -0.25) is 4.99 Å². The van der Waals surface area contributed by atoms with E-state index < -0.39 is 0 Å². The van der Waals surface area contributed by atoms with Gasteiger partial charge >= 0.3 is 0 Å². The molecule has 3 N–H and O–H groups in total. The number of nitrogens with zero attached hydrogens (tertiary/aromatic N) is 2. The van der Waals surface area contributed by atoms with Gasteiger partial charge in [-0.05, 0) is 37.8 Å². The highest BCUT2D eigenvalue weighted by molar-refractivity contribution is 14.0. The second-order valence-electron chi connectivity index (χ2n) is 6.21. The van der Waals surface area contributed by atoms with Gasteiger partial charge < -0.3 is 16.0 Å². The van der Waals surface area contributed by atoms with Crippen molar-refractivity contribution in [2.24, 2.45) is 10.7 Å². The summed E-state index contributed by atoms with van der Waals surface area (Å²) < 4.78 is 0. The van der Waals surface area contributed by atoms with E-state index in [1.54, 1.807) is 0 Å². The van der Waals surface area contributed by atoms with E-state index in [4.69, 9.17) is 5.73 Å². The normalized spacial score (nSPS) is 15.8. The third-order valence-electron chi connectivity index (χ3n) is 4.34. The quantitative estimate of drug-likeness (QED) is 0.300. The Labute approximate surface area is 157 Å². The van der Waals surface area contributed by atoms with Gasteiger partial charge in [-0.25, -0.2) is 0 Å². The van der Waals surface area contributed by atoms with Gasteiger partial charge in [0.15, 0.2) is 5.96 Å². The van der Waals surface area contributed by atoms with Crippen molar-refractivity contribution < 1.29 is 0 Å².